The molecule has 1 aliphatic rings. The van der Waals surface area contributed by atoms with Gasteiger partial charge in [-0.3, -0.25) is 9.36 Å². The Morgan fingerprint density at radius 3 is 2.69 bits per heavy atom. The quantitative estimate of drug-likeness (QED) is 0.567. The zero-order valence-corrected chi connectivity index (χ0v) is 16.7. The number of nitrogens with one attached hydrogen (secondary N) is 3. The number of rotatable bonds is 5. The highest BCUT2D eigenvalue weighted by Crippen LogP contribution is 2.33. The van der Waals surface area contributed by atoms with Crippen molar-refractivity contribution < 1.29 is 8.42 Å². The molecule has 3 aromatic heterocycles. The largest absolute Gasteiger partial charge is 0.327 e. The molecule has 0 radical (unpaired) electrons. The Labute approximate surface area is 166 Å². The van der Waals surface area contributed by atoms with Crippen LogP contribution in [0.3, 0.4) is 0 Å². The Balaban J connectivity index is 1.60. The van der Waals surface area contributed by atoms with E-state index in [-0.39, 0.29) is 34.9 Å². The van der Waals surface area contributed by atoms with Crippen LogP contribution in [0.25, 0.3) is 11.2 Å². The summed E-state index contributed by atoms with van der Waals surface area (Å²) in [6.07, 6.45) is 7.19. The average Bonchev–Trinajstić information content (AvgIpc) is 2.98. The molecule has 29 heavy (non-hydrogen) atoms. The minimum absolute atomic E-state index is 0.0602. The van der Waals surface area contributed by atoms with Gasteiger partial charge in [0.05, 0.1) is 11.9 Å². The van der Waals surface area contributed by atoms with Crippen molar-refractivity contribution >= 4 is 32.6 Å². The van der Waals surface area contributed by atoms with Crippen LogP contribution >= 0.6 is 0 Å². The van der Waals surface area contributed by atoms with Gasteiger partial charge in [0.1, 0.15) is 21.0 Å². The number of imidazole rings is 1. The molecular weight excluding hydrogens is 396 g/mol. The molecule has 0 aromatic carbocycles. The topological polar surface area (TPSA) is 143 Å². The van der Waals surface area contributed by atoms with Crippen molar-refractivity contribution in [3.63, 3.8) is 0 Å². The van der Waals surface area contributed by atoms with Crippen molar-refractivity contribution in [1.29, 1.82) is 0 Å². The van der Waals surface area contributed by atoms with Crippen LogP contribution in [0.2, 0.25) is 0 Å². The van der Waals surface area contributed by atoms with E-state index in [2.05, 4.69) is 25.3 Å². The van der Waals surface area contributed by atoms with E-state index in [9.17, 15) is 18.0 Å². The molecule has 0 unspecified atom stereocenters. The number of nitrogens with zero attached hydrogens (tertiary/aromatic N) is 3. The molecular formula is C18H22N6O4S. The third kappa shape index (κ3) is 4.24. The predicted molar refractivity (Wildman–Crippen MR) is 109 cm³/mol. The fraction of sp³-hybridized carbons (Fsp3) is 0.444. The summed E-state index contributed by atoms with van der Waals surface area (Å²) in [7, 11) is -3.01. The Hall–Kier alpha value is -2.95. The van der Waals surface area contributed by atoms with Crippen molar-refractivity contribution in [3.05, 3.63) is 45.4 Å². The second kappa shape index (κ2) is 7.47. The van der Waals surface area contributed by atoms with Crippen LogP contribution in [-0.2, 0) is 9.84 Å². The van der Waals surface area contributed by atoms with Gasteiger partial charge >= 0.3 is 5.69 Å². The van der Waals surface area contributed by atoms with Crippen molar-refractivity contribution in [2.75, 3.05) is 17.3 Å². The van der Waals surface area contributed by atoms with E-state index < -0.39 is 9.84 Å². The summed E-state index contributed by atoms with van der Waals surface area (Å²) in [5.74, 6) is 0.524. The number of sulfone groups is 1. The monoisotopic (exact) mass is 418 g/mol. The lowest BCUT2D eigenvalue weighted by Gasteiger charge is -2.28. The number of fused-ring (bicyclic) bond motifs is 1. The zero-order chi connectivity index (χ0) is 20.6. The SMILES string of the molecule is CS(=O)(=O)CC1CCC(n2c(=O)[nH]c3cnc(Nc4ccc[nH]c4=O)nc32)CC1. The summed E-state index contributed by atoms with van der Waals surface area (Å²) >= 11 is 0. The predicted octanol–water partition coefficient (Wildman–Crippen LogP) is 1.33. The molecule has 3 aromatic rings. The second-order valence-corrected chi connectivity index (χ2v) is 9.72. The van der Waals surface area contributed by atoms with Gasteiger partial charge in [0.2, 0.25) is 5.95 Å². The maximum absolute atomic E-state index is 12.5. The van der Waals surface area contributed by atoms with Crippen LogP contribution < -0.4 is 16.6 Å². The van der Waals surface area contributed by atoms with Gasteiger partial charge in [-0.15, -0.1) is 0 Å². The van der Waals surface area contributed by atoms with E-state index in [1.165, 1.54) is 18.6 Å². The van der Waals surface area contributed by atoms with Gasteiger partial charge in [-0.1, -0.05) is 0 Å². The summed E-state index contributed by atoms with van der Waals surface area (Å²) in [6.45, 7) is 0. The molecule has 11 heteroatoms. The van der Waals surface area contributed by atoms with Gasteiger partial charge in [-0.2, -0.15) is 4.98 Å². The molecule has 0 aliphatic heterocycles. The van der Waals surface area contributed by atoms with Gasteiger partial charge in [0, 0.05) is 18.5 Å². The van der Waals surface area contributed by atoms with E-state index in [0.717, 1.165) is 12.8 Å². The van der Waals surface area contributed by atoms with Crippen molar-refractivity contribution in [3.8, 4) is 0 Å². The van der Waals surface area contributed by atoms with Crippen molar-refractivity contribution in [2.24, 2.45) is 5.92 Å². The van der Waals surface area contributed by atoms with Gasteiger partial charge in [0.25, 0.3) is 5.56 Å². The maximum Gasteiger partial charge on any atom is 0.327 e. The van der Waals surface area contributed by atoms with Gasteiger partial charge in [0.15, 0.2) is 5.65 Å². The summed E-state index contributed by atoms with van der Waals surface area (Å²) < 4.78 is 24.7. The van der Waals surface area contributed by atoms with Crippen LogP contribution in [0, 0.1) is 5.92 Å². The fourth-order valence-electron chi connectivity index (χ4n) is 3.95. The van der Waals surface area contributed by atoms with Crippen molar-refractivity contribution in [1.82, 2.24) is 24.5 Å². The minimum atomic E-state index is -3.01. The fourth-order valence-corrected chi connectivity index (χ4v) is 5.14. The minimum Gasteiger partial charge on any atom is -0.327 e. The molecule has 1 aliphatic carbocycles. The normalized spacial score (nSPS) is 20.0. The highest BCUT2D eigenvalue weighted by molar-refractivity contribution is 7.90. The average molecular weight is 418 g/mol. The number of hydrogen-bond acceptors (Lipinski definition) is 7. The van der Waals surface area contributed by atoms with Crippen LogP contribution in [0.5, 0.6) is 0 Å². The van der Waals surface area contributed by atoms with Crippen LogP contribution in [0.4, 0.5) is 11.6 Å². The molecule has 154 valence electrons. The molecule has 0 spiro atoms. The molecule has 0 atom stereocenters. The summed E-state index contributed by atoms with van der Waals surface area (Å²) in [4.78, 5) is 38.3. The lowest BCUT2D eigenvalue weighted by atomic mass is 9.87. The highest BCUT2D eigenvalue weighted by Gasteiger charge is 2.27. The molecule has 3 N–H and O–H groups in total. The van der Waals surface area contributed by atoms with Crippen molar-refractivity contribution in [2.45, 2.75) is 31.7 Å². The molecule has 0 amide bonds. The third-order valence-corrected chi connectivity index (χ3v) is 6.32. The van der Waals surface area contributed by atoms with Crippen LogP contribution in [0.15, 0.2) is 34.1 Å². The lowest BCUT2D eigenvalue weighted by molar-refractivity contribution is 0.290. The van der Waals surface area contributed by atoms with Gasteiger partial charge in [-0.25, -0.2) is 18.2 Å². The Kier molecular flexibility index (Phi) is 4.99. The molecule has 10 nitrogen and oxygen atoms in total. The number of H-pyrrole nitrogens is 2. The van der Waals surface area contributed by atoms with Crippen LogP contribution in [-0.4, -0.2) is 44.9 Å². The summed E-state index contributed by atoms with van der Waals surface area (Å²) in [5.41, 5.74) is 0.715. The van der Waals surface area contributed by atoms with E-state index in [1.807, 2.05) is 0 Å². The summed E-state index contributed by atoms with van der Waals surface area (Å²) in [5, 5.41) is 2.87. The Bertz CT molecular complexity index is 1250. The molecule has 1 fully saturated rings. The maximum atomic E-state index is 12.5. The van der Waals surface area contributed by atoms with Crippen LogP contribution in [0.1, 0.15) is 31.7 Å². The first-order valence-electron chi connectivity index (χ1n) is 9.40. The number of aromatic nitrogens is 5. The molecule has 3 heterocycles. The summed E-state index contributed by atoms with van der Waals surface area (Å²) in [6, 6.07) is 3.23. The Morgan fingerprint density at radius 2 is 2.00 bits per heavy atom. The highest BCUT2D eigenvalue weighted by atomic mass is 32.2. The van der Waals surface area contributed by atoms with E-state index >= 15 is 0 Å². The first-order valence-corrected chi connectivity index (χ1v) is 11.5. The molecule has 1 saturated carbocycles. The van der Waals surface area contributed by atoms with E-state index in [4.69, 9.17) is 0 Å². The molecule has 0 bridgehead atoms. The molecule has 4 rings (SSSR count). The van der Waals surface area contributed by atoms with E-state index in [1.54, 1.807) is 16.7 Å². The Morgan fingerprint density at radius 1 is 1.24 bits per heavy atom. The smallest absolute Gasteiger partial charge is 0.327 e. The number of hydrogen-bond donors (Lipinski definition) is 3. The second-order valence-electron chi connectivity index (χ2n) is 7.54. The number of anilines is 2. The number of pyridine rings is 1. The first kappa shape index (κ1) is 19.4. The standard InChI is InChI=1S/C18H22N6O4S/c1-29(27,28)10-11-4-6-12(7-5-11)24-15-14(22-18(24)26)9-20-17(23-15)21-13-3-2-8-19-16(13)25/h2-3,8-9,11-12H,4-7,10H2,1H3,(H,19,25)(H,22,26)(H,20,21,23). The van der Waals surface area contributed by atoms with E-state index in [0.29, 0.717) is 29.7 Å². The molecule has 0 saturated heterocycles. The lowest BCUT2D eigenvalue weighted by Crippen LogP contribution is -2.28. The first-order chi connectivity index (χ1) is 13.8. The third-order valence-electron chi connectivity index (χ3n) is 5.24. The van der Waals surface area contributed by atoms with Gasteiger partial charge in [-0.05, 0) is 43.7 Å². The van der Waals surface area contributed by atoms with Gasteiger partial charge < -0.3 is 15.3 Å². The zero-order valence-electron chi connectivity index (χ0n) is 15.9. The number of aromatic amines is 2.